The Kier molecular flexibility index (Phi) is 5.33. The van der Waals surface area contributed by atoms with E-state index >= 15 is 0 Å². The van der Waals surface area contributed by atoms with Gasteiger partial charge in [0.05, 0.1) is 6.54 Å². The van der Waals surface area contributed by atoms with Gasteiger partial charge in [-0.15, -0.1) is 11.3 Å². The molecule has 6 nitrogen and oxygen atoms in total. The Balaban J connectivity index is 1.03. The van der Waals surface area contributed by atoms with Crippen molar-refractivity contribution in [2.24, 2.45) is 23.2 Å². The van der Waals surface area contributed by atoms with Gasteiger partial charge in [-0.05, 0) is 79.7 Å². The maximum Gasteiger partial charge on any atom is 0.242 e. The monoisotopic (exact) mass is 429 g/mol. The lowest BCUT2D eigenvalue weighted by atomic mass is 9.49. The first kappa shape index (κ1) is 20.0. The van der Waals surface area contributed by atoms with Gasteiger partial charge in [0.2, 0.25) is 17.7 Å². The van der Waals surface area contributed by atoms with Crippen LogP contribution in [0.1, 0.15) is 55.4 Å². The Morgan fingerprint density at radius 1 is 1.07 bits per heavy atom. The largest absolute Gasteiger partial charge is 0.355 e. The first-order chi connectivity index (χ1) is 14.5. The van der Waals surface area contributed by atoms with E-state index in [1.807, 2.05) is 4.90 Å². The summed E-state index contributed by atoms with van der Waals surface area (Å²) in [7, 11) is 0. The van der Waals surface area contributed by atoms with Gasteiger partial charge in [-0.25, -0.2) is 0 Å². The fourth-order valence-corrected chi connectivity index (χ4v) is 7.59. The number of hydrogen-bond donors (Lipinski definition) is 2. The number of carbonyl (C=O) groups is 3. The first-order valence-corrected chi connectivity index (χ1v) is 12.3. The van der Waals surface area contributed by atoms with Crippen LogP contribution >= 0.6 is 11.3 Å². The molecule has 5 aliphatic rings. The average Bonchev–Trinajstić information content (AvgIpc) is 3.19. The highest BCUT2D eigenvalue weighted by Crippen LogP contribution is 2.60. The van der Waals surface area contributed by atoms with E-state index in [1.54, 1.807) is 11.3 Å². The summed E-state index contributed by atoms with van der Waals surface area (Å²) in [4.78, 5) is 40.7. The number of carbonyl (C=O) groups excluding carboxylic acids is 3. The van der Waals surface area contributed by atoms with Crippen molar-refractivity contribution in [1.29, 1.82) is 0 Å². The van der Waals surface area contributed by atoms with Crippen LogP contribution in [0.3, 0.4) is 0 Å². The highest BCUT2D eigenvalue weighted by atomic mass is 32.1. The van der Waals surface area contributed by atoms with Crippen molar-refractivity contribution in [1.82, 2.24) is 15.5 Å². The quantitative estimate of drug-likeness (QED) is 0.729. The molecule has 4 fully saturated rings. The standard InChI is InChI=1S/C23H31N3O3S/c27-20(25-13-21(28)26-5-2-19-18(14-26)3-6-30-19)1-4-24-22(29)23-10-15-7-16(11-23)9-17(8-15)12-23/h3,6,15-17H,1-2,4-5,7-14H2,(H,24,29)(H,25,27). The summed E-state index contributed by atoms with van der Waals surface area (Å²) >= 11 is 1.74. The Labute approximate surface area is 181 Å². The van der Waals surface area contributed by atoms with Crippen LogP contribution in [0.15, 0.2) is 11.4 Å². The van der Waals surface area contributed by atoms with E-state index in [4.69, 9.17) is 0 Å². The number of fused-ring (bicyclic) bond motifs is 1. The number of nitrogens with zero attached hydrogens (tertiary/aromatic N) is 1. The zero-order chi connectivity index (χ0) is 20.7. The minimum Gasteiger partial charge on any atom is -0.355 e. The molecule has 7 heteroatoms. The average molecular weight is 430 g/mol. The smallest absolute Gasteiger partial charge is 0.242 e. The molecule has 0 unspecified atom stereocenters. The fourth-order valence-electron chi connectivity index (χ4n) is 6.70. The van der Waals surface area contributed by atoms with Crippen LogP contribution in [-0.4, -0.2) is 42.3 Å². The van der Waals surface area contributed by atoms with Crippen LogP contribution in [0.25, 0.3) is 0 Å². The van der Waals surface area contributed by atoms with E-state index in [-0.39, 0.29) is 36.1 Å². The molecule has 3 amide bonds. The molecule has 1 aromatic heterocycles. The van der Waals surface area contributed by atoms with Gasteiger partial charge >= 0.3 is 0 Å². The number of thiophene rings is 1. The molecular weight excluding hydrogens is 398 g/mol. The van der Waals surface area contributed by atoms with Crippen LogP contribution in [0.4, 0.5) is 0 Å². The fraction of sp³-hybridized carbons (Fsp3) is 0.696. The second-order valence-corrected chi connectivity index (χ2v) is 10.9. The lowest BCUT2D eigenvalue weighted by molar-refractivity contribution is -0.146. The van der Waals surface area contributed by atoms with Gasteiger partial charge < -0.3 is 15.5 Å². The summed E-state index contributed by atoms with van der Waals surface area (Å²) in [5.41, 5.74) is 1.05. The number of rotatable bonds is 6. The van der Waals surface area contributed by atoms with Gasteiger partial charge in [-0.2, -0.15) is 0 Å². The van der Waals surface area contributed by atoms with Gasteiger partial charge in [-0.3, -0.25) is 14.4 Å². The predicted molar refractivity (Wildman–Crippen MR) is 115 cm³/mol. The van der Waals surface area contributed by atoms with Crippen molar-refractivity contribution < 1.29 is 14.4 Å². The molecular formula is C23H31N3O3S. The van der Waals surface area contributed by atoms with Crippen LogP contribution in [-0.2, 0) is 27.3 Å². The second kappa shape index (κ2) is 7.98. The molecule has 4 aliphatic carbocycles. The van der Waals surface area contributed by atoms with Gasteiger partial charge in [0.1, 0.15) is 0 Å². The summed E-state index contributed by atoms with van der Waals surface area (Å²) in [6.45, 7) is 1.72. The molecule has 1 aromatic rings. The van der Waals surface area contributed by atoms with Crippen molar-refractivity contribution in [3.05, 3.63) is 21.9 Å². The van der Waals surface area contributed by atoms with Crippen LogP contribution < -0.4 is 10.6 Å². The summed E-state index contributed by atoms with van der Waals surface area (Å²) in [6.07, 6.45) is 8.16. The van der Waals surface area contributed by atoms with Gasteiger partial charge in [0.25, 0.3) is 0 Å². The molecule has 4 saturated carbocycles. The molecule has 4 bridgehead atoms. The molecule has 0 aromatic carbocycles. The first-order valence-electron chi connectivity index (χ1n) is 11.4. The molecule has 0 saturated heterocycles. The predicted octanol–water partition coefficient (Wildman–Crippen LogP) is 2.47. The van der Waals surface area contributed by atoms with Crippen molar-refractivity contribution in [3.63, 3.8) is 0 Å². The second-order valence-electron chi connectivity index (χ2n) is 9.91. The molecule has 6 rings (SSSR count). The van der Waals surface area contributed by atoms with Crippen molar-refractivity contribution in [2.45, 2.75) is 57.9 Å². The van der Waals surface area contributed by atoms with E-state index < -0.39 is 0 Å². The number of nitrogens with one attached hydrogen (secondary N) is 2. The SMILES string of the molecule is O=C(CCNC(=O)C12CC3CC(CC(C3)C1)C2)NCC(=O)N1CCc2sccc2C1. The summed E-state index contributed by atoms with van der Waals surface area (Å²) in [5, 5.41) is 7.83. The van der Waals surface area contributed by atoms with Crippen molar-refractivity contribution >= 4 is 29.1 Å². The summed E-state index contributed by atoms with van der Waals surface area (Å²) < 4.78 is 0. The molecule has 0 spiro atoms. The number of amides is 3. The zero-order valence-corrected chi connectivity index (χ0v) is 18.3. The van der Waals surface area contributed by atoms with Gasteiger partial charge in [0.15, 0.2) is 0 Å². The lowest BCUT2D eigenvalue weighted by Crippen LogP contribution is -2.53. The zero-order valence-electron chi connectivity index (χ0n) is 17.5. The van der Waals surface area contributed by atoms with Gasteiger partial charge in [-0.1, -0.05) is 0 Å². The highest BCUT2D eigenvalue weighted by Gasteiger charge is 2.54. The van der Waals surface area contributed by atoms with E-state index in [2.05, 4.69) is 22.1 Å². The summed E-state index contributed by atoms with van der Waals surface area (Å²) in [5.74, 6) is 2.13. The third-order valence-electron chi connectivity index (χ3n) is 7.75. The molecule has 0 radical (unpaired) electrons. The third-order valence-corrected chi connectivity index (χ3v) is 8.78. The minimum absolute atomic E-state index is 0.0290. The lowest BCUT2D eigenvalue weighted by Gasteiger charge is -2.55. The highest BCUT2D eigenvalue weighted by molar-refractivity contribution is 7.10. The van der Waals surface area contributed by atoms with Crippen molar-refractivity contribution in [3.8, 4) is 0 Å². The van der Waals surface area contributed by atoms with Crippen LogP contribution in [0.5, 0.6) is 0 Å². The molecule has 2 heterocycles. The van der Waals surface area contributed by atoms with E-state index in [9.17, 15) is 14.4 Å². The van der Waals surface area contributed by atoms with Crippen molar-refractivity contribution in [2.75, 3.05) is 19.6 Å². The Bertz CT molecular complexity index is 813. The summed E-state index contributed by atoms with van der Waals surface area (Å²) in [6, 6.07) is 2.07. The minimum atomic E-state index is -0.178. The maximum absolute atomic E-state index is 12.9. The van der Waals surface area contributed by atoms with E-state index in [0.29, 0.717) is 19.6 Å². The molecule has 2 N–H and O–H groups in total. The van der Waals surface area contributed by atoms with E-state index in [1.165, 1.54) is 29.7 Å². The molecule has 162 valence electrons. The van der Waals surface area contributed by atoms with Crippen LogP contribution in [0, 0.1) is 23.2 Å². The Morgan fingerprint density at radius 2 is 1.77 bits per heavy atom. The van der Waals surface area contributed by atoms with E-state index in [0.717, 1.165) is 43.4 Å². The third kappa shape index (κ3) is 3.88. The molecule has 0 atom stereocenters. The number of hydrogen-bond acceptors (Lipinski definition) is 4. The molecule has 1 aliphatic heterocycles. The normalized spacial score (nSPS) is 31.3. The Morgan fingerprint density at radius 3 is 2.47 bits per heavy atom. The topological polar surface area (TPSA) is 78.5 Å². The maximum atomic E-state index is 12.9. The molecule has 30 heavy (non-hydrogen) atoms. The van der Waals surface area contributed by atoms with Gasteiger partial charge in [0, 0.05) is 36.3 Å². The van der Waals surface area contributed by atoms with Crippen LogP contribution in [0.2, 0.25) is 0 Å². The Hall–Kier alpha value is -1.89.